The molecule has 1 atom stereocenters. The van der Waals surface area contributed by atoms with Crippen molar-refractivity contribution in [1.82, 2.24) is 5.32 Å². The Balaban J connectivity index is 2.96. The number of rotatable bonds is 3. The molecule has 0 heterocycles. The second-order valence-electron chi connectivity index (χ2n) is 2.79. The van der Waals surface area contributed by atoms with Crippen molar-refractivity contribution < 1.29 is 9.90 Å². The predicted octanol–water partition coefficient (Wildman–Crippen LogP) is 0.903. The number of carbonyl (C=O) groups is 1. The lowest BCUT2D eigenvalue weighted by atomic mass is 10.1. The number of hydrogen-bond donors (Lipinski definition) is 2. The van der Waals surface area contributed by atoms with Crippen molar-refractivity contribution in [3.05, 3.63) is 35.4 Å². The highest BCUT2D eigenvalue weighted by Gasteiger charge is 2.16. The Hall–Kier alpha value is -1.86. The zero-order valence-electron chi connectivity index (χ0n) is 7.69. The maximum absolute atomic E-state index is 10.8. The molecule has 0 aliphatic heterocycles. The summed E-state index contributed by atoms with van der Waals surface area (Å²) < 4.78 is 0. The number of carboxylic acids is 1. The average Bonchev–Trinajstić information content (AvgIpc) is 2.19. The van der Waals surface area contributed by atoms with Crippen LogP contribution < -0.4 is 5.32 Å². The number of hydrogen-bond acceptors (Lipinski definition) is 3. The number of nitrogens with one attached hydrogen (secondary N) is 1. The minimum Gasteiger partial charge on any atom is -0.480 e. The van der Waals surface area contributed by atoms with Gasteiger partial charge in [-0.15, -0.1) is 0 Å². The van der Waals surface area contributed by atoms with Crippen LogP contribution in [0.25, 0.3) is 0 Å². The SMILES string of the molecule is CNC(C(=O)O)c1ccc(C#N)cc1. The molecule has 0 aliphatic carbocycles. The topological polar surface area (TPSA) is 73.1 Å². The molecule has 0 saturated heterocycles. The molecular weight excluding hydrogens is 180 g/mol. The summed E-state index contributed by atoms with van der Waals surface area (Å²) in [5.41, 5.74) is 1.16. The monoisotopic (exact) mass is 190 g/mol. The van der Waals surface area contributed by atoms with E-state index in [4.69, 9.17) is 10.4 Å². The Labute approximate surface area is 81.8 Å². The van der Waals surface area contributed by atoms with Crippen molar-refractivity contribution in [1.29, 1.82) is 5.26 Å². The van der Waals surface area contributed by atoms with Crippen molar-refractivity contribution in [2.75, 3.05) is 7.05 Å². The molecule has 0 aliphatic rings. The maximum atomic E-state index is 10.8. The van der Waals surface area contributed by atoms with Gasteiger partial charge in [-0.05, 0) is 24.7 Å². The van der Waals surface area contributed by atoms with E-state index in [0.29, 0.717) is 11.1 Å². The third-order valence-corrected chi connectivity index (χ3v) is 1.91. The first-order valence-electron chi connectivity index (χ1n) is 4.09. The van der Waals surface area contributed by atoms with Gasteiger partial charge in [0.2, 0.25) is 0 Å². The van der Waals surface area contributed by atoms with Gasteiger partial charge in [0.05, 0.1) is 11.6 Å². The molecule has 0 aromatic heterocycles. The van der Waals surface area contributed by atoms with E-state index in [9.17, 15) is 4.79 Å². The van der Waals surface area contributed by atoms with E-state index in [1.54, 1.807) is 31.3 Å². The summed E-state index contributed by atoms with van der Waals surface area (Å²) >= 11 is 0. The number of nitriles is 1. The van der Waals surface area contributed by atoms with Crippen LogP contribution in [0.5, 0.6) is 0 Å². The van der Waals surface area contributed by atoms with Gasteiger partial charge in [0.25, 0.3) is 0 Å². The van der Waals surface area contributed by atoms with Gasteiger partial charge < -0.3 is 10.4 Å². The van der Waals surface area contributed by atoms with Crippen LogP contribution in [-0.4, -0.2) is 18.1 Å². The van der Waals surface area contributed by atoms with E-state index in [1.165, 1.54) is 0 Å². The highest BCUT2D eigenvalue weighted by Crippen LogP contribution is 2.13. The second kappa shape index (κ2) is 4.40. The number of likely N-dealkylation sites (N-methyl/N-ethyl adjacent to an activating group) is 1. The molecule has 0 saturated carbocycles. The first-order chi connectivity index (χ1) is 6.69. The van der Waals surface area contributed by atoms with E-state index in [1.807, 2.05) is 6.07 Å². The number of benzene rings is 1. The summed E-state index contributed by atoms with van der Waals surface area (Å²) in [6.45, 7) is 0. The second-order valence-corrected chi connectivity index (χ2v) is 2.79. The van der Waals surface area contributed by atoms with Crippen LogP contribution in [0.2, 0.25) is 0 Å². The summed E-state index contributed by atoms with van der Waals surface area (Å²) in [6, 6.07) is 7.72. The Morgan fingerprint density at radius 3 is 2.43 bits per heavy atom. The third kappa shape index (κ3) is 2.09. The standard InChI is InChI=1S/C10H10N2O2/c1-12-9(10(13)14)8-4-2-7(6-11)3-5-8/h2-5,9,12H,1H3,(H,13,14). The van der Waals surface area contributed by atoms with Gasteiger partial charge in [0.15, 0.2) is 0 Å². The molecular formula is C10H10N2O2. The Bertz CT molecular complexity index is 365. The Kier molecular flexibility index (Phi) is 3.21. The van der Waals surface area contributed by atoms with Crippen molar-refractivity contribution in [3.63, 3.8) is 0 Å². The fourth-order valence-corrected chi connectivity index (χ4v) is 1.18. The fourth-order valence-electron chi connectivity index (χ4n) is 1.18. The minimum atomic E-state index is -0.933. The van der Waals surface area contributed by atoms with Gasteiger partial charge >= 0.3 is 5.97 Å². The van der Waals surface area contributed by atoms with Crippen molar-refractivity contribution in [3.8, 4) is 6.07 Å². The van der Waals surface area contributed by atoms with Crippen molar-refractivity contribution in [2.24, 2.45) is 0 Å². The molecule has 0 radical (unpaired) electrons. The molecule has 4 heteroatoms. The van der Waals surface area contributed by atoms with Gasteiger partial charge in [-0.2, -0.15) is 5.26 Å². The lowest BCUT2D eigenvalue weighted by molar-refractivity contribution is -0.139. The highest BCUT2D eigenvalue weighted by atomic mass is 16.4. The fraction of sp³-hybridized carbons (Fsp3) is 0.200. The van der Waals surface area contributed by atoms with E-state index in [-0.39, 0.29) is 0 Å². The zero-order valence-corrected chi connectivity index (χ0v) is 7.69. The van der Waals surface area contributed by atoms with Crippen LogP contribution in [0.15, 0.2) is 24.3 Å². The first kappa shape index (κ1) is 10.2. The van der Waals surface area contributed by atoms with Gasteiger partial charge in [0.1, 0.15) is 6.04 Å². The van der Waals surface area contributed by atoms with E-state index in [0.717, 1.165) is 0 Å². The quantitative estimate of drug-likeness (QED) is 0.742. The van der Waals surface area contributed by atoms with E-state index in [2.05, 4.69) is 5.32 Å². The van der Waals surface area contributed by atoms with Crippen LogP contribution in [0.4, 0.5) is 0 Å². The summed E-state index contributed by atoms with van der Waals surface area (Å²) in [5, 5.41) is 20.1. The van der Waals surface area contributed by atoms with E-state index < -0.39 is 12.0 Å². The van der Waals surface area contributed by atoms with Gasteiger partial charge in [-0.1, -0.05) is 12.1 Å². The molecule has 1 unspecified atom stereocenters. The molecule has 0 amide bonds. The predicted molar refractivity (Wildman–Crippen MR) is 50.6 cm³/mol. The van der Waals surface area contributed by atoms with Crippen LogP contribution in [0, 0.1) is 11.3 Å². The minimum absolute atomic E-state index is 0.522. The van der Waals surface area contributed by atoms with Gasteiger partial charge in [-0.3, -0.25) is 4.79 Å². The number of aliphatic carboxylic acids is 1. The molecule has 4 nitrogen and oxygen atoms in total. The van der Waals surface area contributed by atoms with Gasteiger partial charge in [0, 0.05) is 0 Å². The first-order valence-corrected chi connectivity index (χ1v) is 4.09. The summed E-state index contributed by atoms with van der Waals surface area (Å²) in [6.07, 6.45) is 0. The molecule has 1 aromatic rings. The molecule has 1 aromatic carbocycles. The normalized spacial score (nSPS) is 11.7. The molecule has 0 spiro atoms. The van der Waals surface area contributed by atoms with E-state index >= 15 is 0 Å². The molecule has 0 bridgehead atoms. The smallest absolute Gasteiger partial charge is 0.325 e. The largest absolute Gasteiger partial charge is 0.480 e. The summed E-state index contributed by atoms with van der Waals surface area (Å²) in [7, 11) is 1.58. The summed E-state index contributed by atoms with van der Waals surface area (Å²) in [4.78, 5) is 10.8. The molecule has 0 fully saturated rings. The number of nitrogens with zero attached hydrogens (tertiary/aromatic N) is 1. The van der Waals surface area contributed by atoms with Crippen molar-refractivity contribution >= 4 is 5.97 Å². The molecule has 72 valence electrons. The van der Waals surface area contributed by atoms with Gasteiger partial charge in [-0.25, -0.2) is 0 Å². The van der Waals surface area contributed by atoms with Crippen LogP contribution in [-0.2, 0) is 4.79 Å². The summed E-state index contributed by atoms with van der Waals surface area (Å²) in [5.74, 6) is -0.933. The number of carboxylic acid groups (broad SMARTS) is 1. The van der Waals surface area contributed by atoms with Crippen LogP contribution in [0.1, 0.15) is 17.2 Å². The Morgan fingerprint density at radius 2 is 2.07 bits per heavy atom. The molecule has 14 heavy (non-hydrogen) atoms. The maximum Gasteiger partial charge on any atom is 0.325 e. The average molecular weight is 190 g/mol. The molecule has 2 N–H and O–H groups in total. The highest BCUT2D eigenvalue weighted by molar-refractivity contribution is 5.75. The van der Waals surface area contributed by atoms with Crippen molar-refractivity contribution in [2.45, 2.75) is 6.04 Å². The lowest BCUT2D eigenvalue weighted by Crippen LogP contribution is -2.24. The zero-order chi connectivity index (χ0) is 10.6. The third-order valence-electron chi connectivity index (χ3n) is 1.91. The molecule has 1 rings (SSSR count). The lowest BCUT2D eigenvalue weighted by Gasteiger charge is -2.10. The van der Waals surface area contributed by atoms with Crippen LogP contribution in [0.3, 0.4) is 0 Å². The van der Waals surface area contributed by atoms with Crippen LogP contribution >= 0.6 is 0 Å². The Morgan fingerprint density at radius 1 is 1.50 bits per heavy atom.